The van der Waals surface area contributed by atoms with Crippen molar-refractivity contribution in [3.63, 3.8) is 0 Å². The topological polar surface area (TPSA) is 168 Å². The van der Waals surface area contributed by atoms with Crippen LogP contribution in [0.3, 0.4) is 0 Å². The third-order valence-corrected chi connectivity index (χ3v) is 9.57. The van der Waals surface area contributed by atoms with Crippen molar-refractivity contribution in [2.45, 2.75) is 70.4 Å². The first kappa shape index (κ1) is 32.1. The second-order valence-electron chi connectivity index (χ2n) is 12.8. The van der Waals surface area contributed by atoms with E-state index in [0.717, 1.165) is 66.3 Å². The van der Waals surface area contributed by atoms with Gasteiger partial charge in [0, 0.05) is 35.2 Å². The van der Waals surface area contributed by atoms with Crippen molar-refractivity contribution >= 4 is 23.4 Å². The molecular weight excluding hydrogens is 592 g/mol. The van der Waals surface area contributed by atoms with Gasteiger partial charge in [0.2, 0.25) is 17.6 Å². The number of benzene rings is 3. The van der Waals surface area contributed by atoms with E-state index in [2.05, 4.69) is 36.6 Å². The summed E-state index contributed by atoms with van der Waals surface area (Å²) in [4.78, 5) is 39.7. The summed E-state index contributed by atoms with van der Waals surface area (Å²) in [6.45, 7) is 2.65. The van der Waals surface area contributed by atoms with E-state index in [1.165, 1.54) is 6.42 Å². The van der Waals surface area contributed by atoms with Crippen LogP contribution in [-0.2, 0) is 16.0 Å². The Bertz CT molecular complexity index is 1680. The van der Waals surface area contributed by atoms with Gasteiger partial charge >= 0.3 is 0 Å². The van der Waals surface area contributed by atoms with Crippen molar-refractivity contribution in [3.05, 3.63) is 83.4 Å². The lowest BCUT2D eigenvalue weighted by atomic mass is 9.81. The molecule has 0 bridgehead atoms. The zero-order chi connectivity index (χ0) is 32.8. The van der Waals surface area contributed by atoms with Gasteiger partial charge in [-0.1, -0.05) is 30.3 Å². The fraction of sp³-hybridized carbons (Fsp3) is 0.389. The van der Waals surface area contributed by atoms with Crippen LogP contribution in [0.2, 0.25) is 0 Å². The van der Waals surface area contributed by atoms with E-state index >= 15 is 0 Å². The predicted octanol–water partition coefficient (Wildman–Crippen LogP) is 4.56. The molecule has 2 fully saturated rings. The molecule has 0 unspecified atom stereocenters. The molecule has 11 heteroatoms. The number of nitrogens with two attached hydrogens (primary N) is 1. The Morgan fingerprint density at radius 2 is 1.64 bits per heavy atom. The lowest BCUT2D eigenvalue weighted by Crippen LogP contribution is -2.48. The number of rotatable bonds is 11. The van der Waals surface area contributed by atoms with Crippen molar-refractivity contribution in [1.29, 1.82) is 0 Å². The molecular formula is C36H42N8O3. The van der Waals surface area contributed by atoms with E-state index in [-0.39, 0.29) is 23.6 Å². The van der Waals surface area contributed by atoms with Crippen LogP contribution in [0.1, 0.15) is 66.4 Å². The van der Waals surface area contributed by atoms with Crippen LogP contribution in [0, 0.1) is 18.8 Å². The van der Waals surface area contributed by atoms with Crippen LogP contribution in [-0.4, -0.2) is 57.0 Å². The van der Waals surface area contributed by atoms with Gasteiger partial charge in [-0.25, -0.2) is 0 Å². The molecule has 0 aliphatic heterocycles. The summed E-state index contributed by atoms with van der Waals surface area (Å²) in [6.07, 6.45) is 6.99. The summed E-state index contributed by atoms with van der Waals surface area (Å²) in [6, 6.07) is 20.5. The molecule has 1 atom stereocenters. The molecule has 4 aromatic rings. The number of H-pyrrole nitrogens is 1. The Morgan fingerprint density at radius 1 is 0.915 bits per heavy atom. The number of carbonyl (C=O) groups is 3. The molecule has 3 amide bonds. The van der Waals surface area contributed by atoms with E-state index < -0.39 is 6.04 Å². The fourth-order valence-electron chi connectivity index (χ4n) is 6.38. The third kappa shape index (κ3) is 7.91. The number of aromatic nitrogens is 4. The first-order valence-corrected chi connectivity index (χ1v) is 16.5. The molecule has 244 valence electrons. The summed E-state index contributed by atoms with van der Waals surface area (Å²) in [7, 11) is 0. The second-order valence-corrected chi connectivity index (χ2v) is 12.8. The fourth-order valence-corrected chi connectivity index (χ4v) is 6.38. The first-order chi connectivity index (χ1) is 22.9. The molecule has 0 spiro atoms. The van der Waals surface area contributed by atoms with Crippen LogP contribution in [0.25, 0.3) is 22.5 Å². The SMILES string of the molecule is Cc1cc(C(=O)NC2CCC2)ccc1-c1ccc(C[C@H](NC(=O)C2CCC(CN)CC2)C(=O)Nc2ccc(-c3nn[nH]n3)cc2)cc1. The number of aryl methyl sites for hydroxylation is 1. The zero-order valence-corrected chi connectivity index (χ0v) is 26.7. The minimum absolute atomic E-state index is 0.0265. The molecule has 0 radical (unpaired) electrons. The number of nitrogens with zero attached hydrogens (tertiary/aromatic N) is 3. The van der Waals surface area contributed by atoms with Gasteiger partial charge in [-0.05, 0) is 128 Å². The van der Waals surface area contributed by atoms with Gasteiger partial charge in [-0.2, -0.15) is 5.21 Å². The van der Waals surface area contributed by atoms with E-state index in [0.29, 0.717) is 42.0 Å². The average Bonchev–Trinajstić information content (AvgIpc) is 3.62. The number of hydrogen-bond donors (Lipinski definition) is 5. The molecule has 2 aliphatic carbocycles. The maximum absolute atomic E-state index is 13.6. The van der Waals surface area contributed by atoms with Gasteiger partial charge in [0.25, 0.3) is 5.91 Å². The number of aromatic amines is 1. The lowest BCUT2D eigenvalue weighted by molar-refractivity contribution is -0.130. The van der Waals surface area contributed by atoms with Gasteiger partial charge in [-0.3, -0.25) is 14.4 Å². The number of nitrogens with one attached hydrogen (secondary N) is 4. The minimum Gasteiger partial charge on any atom is -0.349 e. The summed E-state index contributed by atoms with van der Waals surface area (Å²) in [5.41, 5.74) is 11.9. The lowest BCUT2D eigenvalue weighted by Gasteiger charge is -2.28. The van der Waals surface area contributed by atoms with Gasteiger partial charge in [0.15, 0.2) is 0 Å². The predicted molar refractivity (Wildman–Crippen MR) is 180 cm³/mol. The molecule has 1 heterocycles. The van der Waals surface area contributed by atoms with Crippen LogP contribution in [0.15, 0.2) is 66.7 Å². The number of amides is 3. The first-order valence-electron chi connectivity index (χ1n) is 16.5. The number of anilines is 1. The normalized spacial score (nSPS) is 18.5. The molecule has 2 saturated carbocycles. The summed E-state index contributed by atoms with van der Waals surface area (Å²) in [5, 5.41) is 23.1. The van der Waals surface area contributed by atoms with Crippen molar-refractivity contribution < 1.29 is 14.4 Å². The smallest absolute Gasteiger partial charge is 0.251 e. The number of tetrazole rings is 1. The Kier molecular flexibility index (Phi) is 10.0. The summed E-state index contributed by atoms with van der Waals surface area (Å²) in [5.74, 6) is 0.365. The molecule has 47 heavy (non-hydrogen) atoms. The average molecular weight is 635 g/mol. The Labute approximate surface area is 274 Å². The second kappa shape index (κ2) is 14.7. The maximum Gasteiger partial charge on any atom is 0.251 e. The summed E-state index contributed by atoms with van der Waals surface area (Å²) >= 11 is 0. The van der Waals surface area contributed by atoms with E-state index in [1.807, 2.05) is 49.4 Å². The highest BCUT2D eigenvalue weighted by Crippen LogP contribution is 2.29. The van der Waals surface area contributed by atoms with Gasteiger partial charge in [-0.15, -0.1) is 10.2 Å². The Morgan fingerprint density at radius 3 is 2.26 bits per heavy atom. The van der Waals surface area contributed by atoms with Crippen LogP contribution in [0.5, 0.6) is 0 Å². The third-order valence-electron chi connectivity index (χ3n) is 9.57. The maximum atomic E-state index is 13.6. The Balaban J connectivity index is 1.15. The molecule has 2 aliphatic rings. The van der Waals surface area contributed by atoms with Crippen molar-refractivity contribution in [1.82, 2.24) is 31.3 Å². The highest BCUT2D eigenvalue weighted by atomic mass is 16.2. The highest BCUT2D eigenvalue weighted by molar-refractivity contribution is 5.98. The number of carbonyl (C=O) groups excluding carboxylic acids is 3. The van der Waals surface area contributed by atoms with Gasteiger partial charge in [0.05, 0.1) is 0 Å². The molecule has 6 N–H and O–H groups in total. The molecule has 6 rings (SSSR count). The summed E-state index contributed by atoms with van der Waals surface area (Å²) < 4.78 is 0. The van der Waals surface area contributed by atoms with Crippen LogP contribution >= 0.6 is 0 Å². The van der Waals surface area contributed by atoms with Crippen molar-refractivity contribution in [2.24, 2.45) is 17.6 Å². The monoisotopic (exact) mass is 634 g/mol. The van der Waals surface area contributed by atoms with Gasteiger partial charge in [0.1, 0.15) is 6.04 Å². The minimum atomic E-state index is -0.771. The standard InChI is InChI=1S/C36H42N8O3/c1-22-19-28(35(46)38-29-3-2-4-29)15-18-31(22)25-9-5-23(6-10-25)20-32(40-34(45)27-11-7-24(21-37)8-12-27)36(47)39-30-16-13-26(14-17-30)33-41-43-44-42-33/h5-6,9-10,13-19,24,27,29,32H,2-4,7-8,11-12,20-21,37H2,1H3,(H,38,46)(H,39,47)(H,40,45)(H,41,42,43,44)/t24?,27?,32-/m0/s1. The van der Waals surface area contributed by atoms with Crippen molar-refractivity contribution in [2.75, 3.05) is 11.9 Å². The van der Waals surface area contributed by atoms with E-state index in [1.54, 1.807) is 24.3 Å². The van der Waals surface area contributed by atoms with E-state index in [4.69, 9.17) is 5.73 Å². The number of hydrogen-bond acceptors (Lipinski definition) is 7. The zero-order valence-electron chi connectivity index (χ0n) is 26.7. The largest absolute Gasteiger partial charge is 0.349 e. The molecule has 1 aromatic heterocycles. The Hall–Kier alpha value is -4.90. The van der Waals surface area contributed by atoms with Crippen LogP contribution in [0.4, 0.5) is 5.69 Å². The quantitative estimate of drug-likeness (QED) is 0.161. The van der Waals surface area contributed by atoms with Crippen molar-refractivity contribution in [3.8, 4) is 22.5 Å². The van der Waals surface area contributed by atoms with E-state index in [9.17, 15) is 14.4 Å². The molecule has 0 saturated heterocycles. The molecule has 3 aromatic carbocycles. The highest BCUT2D eigenvalue weighted by Gasteiger charge is 2.29. The van der Waals surface area contributed by atoms with Gasteiger partial charge < -0.3 is 21.7 Å². The molecule has 11 nitrogen and oxygen atoms in total. The van der Waals surface area contributed by atoms with Crippen LogP contribution < -0.4 is 21.7 Å².